The standard InChI is InChI=1S/C16H19OSi.C12H10O/c1-3-18(4-2)16-13-9-8-12-15(16)17-14-10-6-5-7-11-14;1-3-7-11(8-4-1)13-12-9-5-2-6-10-12/h5-13H,3-4H2,1-2H3;1-10H. The Bertz CT molecular complexity index is 963. The molecule has 0 heterocycles. The van der Waals surface area contributed by atoms with Gasteiger partial charge in [-0.15, -0.1) is 0 Å². The predicted octanol–water partition coefficient (Wildman–Crippen LogP) is 7.70. The van der Waals surface area contributed by atoms with E-state index in [1.54, 1.807) is 0 Å². The fourth-order valence-corrected chi connectivity index (χ4v) is 5.28. The summed E-state index contributed by atoms with van der Waals surface area (Å²) in [5.41, 5.74) is 0. The first-order valence-electron chi connectivity index (χ1n) is 10.7. The van der Waals surface area contributed by atoms with Crippen LogP contribution in [0.1, 0.15) is 13.8 Å². The minimum absolute atomic E-state index is 0.475. The van der Waals surface area contributed by atoms with E-state index < -0.39 is 8.80 Å². The summed E-state index contributed by atoms with van der Waals surface area (Å²) >= 11 is 0. The van der Waals surface area contributed by atoms with Crippen LogP contribution in [-0.2, 0) is 0 Å². The Labute approximate surface area is 187 Å². The van der Waals surface area contributed by atoms with Crippen molar-refractivity contribution in [3.8, 4) is 23.0 Å². The second-order valence-corrected chi connectivity index (χ2v) is 10.1. The minimum Gasteiger partial charge on any atom is -0.458 e. The Morgan fingerprint density at radius 3 is 1.32 bits per heavy atom. The summed E-state index contributed by atoms with van der Waals surface area (Å²) in [7, 11) is -0.475. The minimum atomic E-state index is -0.475. The average Bonchev–Trinajstić information content (AvgIpc) is 2.83. The van der Waals surface area contributed by atoms with Crippen LogP contribution in [0.5, 0.6) is 23.0 Å². The molecule has 3 heteroatoms. The second kappa shape index (κ2) is 12.4. The quantitative estimate of drug-likeness (QED) is 0.282. The third kappa shape index (κ3) is 7.16. The third-order valence-corrected chi connectivity index (χ3v) is 7.70. The van der Waals surface area contributed by atoms with Crippen molar-refractivity contribution in [1.82, 2.24) is 0 Å². The van der Waals surface area contributed by atoms with E-state index in [2.05, 4.69) is 32.0 Å². The molecule has 0 fully saturated rings. The molecule has 0 aromatic heterocycles. The molecule has 0 aliphatic heterocycles. The highest BCUT2D eigenvalue weighted by Crippen LogP contribution is 2.21. The molecule has 0 saturated carbocycles. The summed E-state index contributed by atoms with van der Waals surface area (Å²) in [5, 5.41) is 1.41. The monoisotopic (exact) mass is 425 g/mol. The maximum absolute atomic E-state index is 6.02. The third-order valence-electron chi connectivity index (χ3n) is 4.81. The van der Waals surface area contributed by atoms with E-state index in [0.29, 0.717) is 0 Å². The van der Waals surface area contributed by atoms with Gasteiger partial charge in [-0.05, 0) is 47.7 Å². The molecule has 157 valence electrons. The van der Waals surface area contributed by atoms with Crippen molar-refractivity contribution in [3.05, 3.63) is 115 Å². The topological polar surface area (TPSA) is 18.5 Å². The van der Waals surface area contributed by atoms with Crippen LogP contribution in [0.2, 0.25) is 12.1 Å². The molecule has 1 radical (unpaired) electrons. The van der Waals surface area contributed by atoms with Gasteiger partial charge in [0, 0.05) is 0 Å². The van der Waals surface area contributed by atoms with Gasteiger partial charge in [0.2, 0.25) is 0 Å². The molecule has 2 nitrogen and oxygen atoms in total. The van der Waals surface area contributed by atoms with Crippen LogP contribution in [0.3, 0.4) is 0 Å². The van der Waals surface area contributed by atoms with Crippen LogP contribution < -0.4 is 14.7 Å². The van der Waals surface area contributed by atoms with E-state index >= 15 is 0 Å². The molecule has 0 amide bonds. The smallest absolute Gasteiger partial charge is 0.127 e. The normalized spacial score (nSPS) is 10.2. The summed E-state index contributed by atoms with van der Waals surface area (Å²) in [5.74, 6) is 3.68. The van der Waals surface area contributed by atoms with Gasteiger partial charge in [0.05, 0.1) is 8.80 Å². The largest absolute Gasteiger partial charge is 0.458 e. The number of hydrogen-bond acceptors (Lipinski definition) is 2. The first-order valence-corrected chi connectivity index (χ1v) is 12.7. The van der Waals surface area contributed by atoms with E-state index in [-0.39, 0.29) is 0 Å². The van der Waals surface area contributed by atoms with Crippen molar-refractivity contribution in [3.63, 3.8) is 0 Å². The Morgan fingerprint density at radius 1 is 0.484 bits per heavy atom. The van der Waals surface area contributed by atoms with E-state index in [1.807, 2.05) is 97.1 Å². The molecule has 0 aliphatic rings. The van der Waals surface area contributed by atoms with Crippen molar-refractivity contribution in [2.45, 2.75) is 25.9 Å². The molecule has 0 bridgehead atoms. The van der Waals surface area contributed by atoms with Crippen molar-refractivity contribution < 1.29 is 9.47 Å². The molecular weight excluding hydrogens is 396 g/mol. The van der Waals surface area contributed by atoms with E-state index in [1.165, 1.54) is 17.3 Å². The van der Waals surface area contributed by atoms with Gasteiger partial charge in [-0.25, -0.2) is 0 Å². The second-order valence-electron chi connectivity index (χ2n) is 6.95. The average molecular weight is 426 g/mol. The molecule has 0 aliphatic carbocycles. The van der Waals surface area contributed by atoms with Crippen molar-refractivity contribution in [2.24, 2.45) is 0 Å². The summed E-state index contributed by atoms with van der Waals surface area (Å²) in [6.45, 7) is 4.55. The van der Waals surface area contributed by atoms with Gasteiger partial charge in [0.15, 0.2) is 0 Å². The van der Waals surface area contributed by atoms with E-state index in [9.17, 15) is 0 Å². The summed E-state index contributed by atoms with van der Waals surface area (Å²) in [6.07, 6.45) is 0. The predicted molar refractivity (Wildman–Crippen MR) is 132 cm³/mol. The van der Waals surface area contributed by atoms with Crippen LogP contribution in [0.4, 0.5) is 0 Å². The zero-order valence-electron chi connectivity index (χ0n) is 18.2. The van der Waals surface area contributed by atoms with Gasteiger partial charge in [0.1, 0.15) is 23.0 Å². The lowest BCUT2D eigenvalue weighted by molar-refractivity contribution is 0.482. The number of para-hydroxylation sites is 4. The van der Waals surface area contributed by atoms with Crippen LogP contribution in [0.15, 0.2) is 115 Å². The molecule has 0 N–H and O–H groups in total. The van der Waals surface area contributed by atoms with Gasteiger partial charge in [-0.2, -0.15) is 0 Å². The van der Waals surface area contributed by atoms with Crippen LogP contribution in [-0.4, -0.2) is 8.80 Å². The Kier molecular flexibility index (Phi) is 8.96. The lowest BCUT2D eigenvalue weighted by Crippen LogP contribution is -2.29. The molecule has 31 heavy (non-hydrogen) atoms. The lowest BCUT2D eigenvalue weighted by Gasteiger charge is -2.16. The SMILES string of the molecule is CC[Si](CC)c1ccccc1Oc1ccccc1.c1ccc(Oc2ccccc2)cc1. The molecule has 0 atom stereocenters. The van der Waals surface area contributed by atoms with Gasteiger partial charge < -0.3 is 9.47 Å². The zero-order chi connectivity index (χ0) is 21.7. The van der Waals surface area contributed by atoms with Crippen molar-refractivity contribution >= 4 is 14.0 Å². The maximum atomic E-state index is 6.02. The molecule has 4 aromatic carbocycles. The van der Waals surface area contributed by atoms with Gasteiger partial charge in [0.25, 0.3) is 0 Å². The molecule has 0 spiro atoms. The van der Waals surface area contributed by atoms with Crippen LogP contribution >= 0.6 is 0 Å². The highest BCUT2D eigenvalue weighted by molar-refractivity contribution is 6.73. The van der Waals surface area contributed by atoms with Crippen LogP contribution in [0.25, 0.3) is 0 Å². The summed E-state index contributed by atoms with van der Waals surface area (Å²) in [6, 6.07) is 40.5. The fraction of sp³-hybridized carbons (Fsp3) is 0.143. The zero-order valence-corrected chi connectivity index (χ0v) is 19.2. The Balaban J connectivity index is 0.000000185. The van der Waals surface area contributed by atoms with E-state index in [0.717, 1.165) is 23.0 Å². The summed E-state index contributed by atoms with van der Waals surface area (Å²) < 4.78 is 11.6. The lowest BCUT2D eigenvalue weighted by atomic mass is 10.3. The number of benzene rings is 4. The molecule has 4 aromatic rings. The highest BCUT2D eigenvalue weighted by atomic mass is 28.3. The highest BCUT2D eigenvalue weighted by Gasteiger charge is 2.14. The number of ether oxygens (including phenoxy) is 2. The first-order chi connectivity index (χ1) is 15.3. The van der Waals surface area contributed by atoms with E-state index in [4.69, 9.17) is 9.47 Å². The van der Waals surface area contributed by atoms with Crippen LogP contribution in [0, 0.1) is 0 Å². The molecule has 4 rings (SSSR count). The number of rotatable bonds is 7. The summed E-state index contributed by atoms with van der Waals surface area (Å²) in [4.78, 5) is 0. The fourth-order valence-electron chi connectivity index (χ4n) is 3.21. The molecule has 0 saturated heterocycles. The van der Waals surface area contributed by atoms with Gasteiger partial charge in [-0.1, -0.05) is 98.7 Å². The first kappa shape index (κ1) is 22.4. The molecule has 0 unspecified atom stereocenters. The van der Waals surface area contributed by atoms with Crippen molar-refractivity contribution in [1.29, 1.82) is 0 Å². The van der Waals surface area contributed by atoms with Gasteiger partial charge in [-0.3, -0.25) is 0 Å². The molecular formula is C28H29O2Si. The number of hydrogen-bond donors (Lipinski definition) is 0. The Morgan fingerprint density at radius 2 is 0.871 bits per heavy atom. The maximum Gasteiger partial charge on any atom is 0.127 e. The van der Waals surface area contributed by atoms with Crippen molar-refractivity contribution in [2.75, 3.05) is 0 Å². The van der Waals surface area contributed by atoms with Gasteiger partial charge >= 0.3 is 0 Å². The Hall–Kier alpha value is -3.30.